The van der Waals surface area contributed by atoms with Crippen molar-refractivity contribution in [2.45, 2.75) is 70.5 Å². The van der Waals surface area contributed by atoms with E-state index in [-0.39, 0.29) is 11.9 Å². The van der Waals surface area contributed by atoms with Gasteiger partial charge in [0, 0.05) is 32.2 Å². The molecule has 1 saturated carbocycles. The first kappa shape index (κ1) is 20.4. The number of halogens is 1. The maximum absolute atomic E-state index is 13.2. The van der Waals surface area contributed by atoms with Gasteiger partial charge in [0.25, 0.3) is 0 Å². The quantitative estimate of drug-likeness (QED) is 0.710. The van der Waals surface area contributed by atoms with Gasteiger partial charge in [-0.3, -0.25) is 9.80 Å². The fraction of sp³-hybridized carbons (Fsp3) is 0.682. The molecule has 29 heavy (non-hydrogen) atoms. The summed E-state index contributed by atoms with van der Waals surface area (Å²) in [5, 5.41) is 12.6. The summed E-state index contributed by atoms with van der Waals surface area (Å²) < 4.78 is 15.1. The Balaban J connectivity index is 1.43. The van der Waals surface area contributed by atoms with Crippen LogP contribution < -0.4 is 0 Å². The number of benzene rings is 1. The second-order valence-corrected chi connectivity index (χ2v) is 8.49. The minimum atomic E-state index is -0.217. The maximum atomic E-state index is 13.2. The Hall–Kier alpha value is -1.86. The first-order valence-electron chi connectivity index (χ1n) is 11.2. The lowest BCUT2D eigenvalue weighted by Crippen LogP contribution is -2.51. The first-order valence-corrected chi connectivity index (χ1v) is 11.2. The number of rotatable bonds is 7. The van der Waals surface area contributed by atoms with Gasteiger partial charge >= 0.3 is 0 Å². The van der Waals surface area contributed by atoms with Crippen LogP contribution in [-0.2, 0) is 6.54 Å². The van der Waals surface area contributed by atoms with Gasteiger partial charge in [-0.2, -0.15) is 0 Å². The van der Waals surface area contributed by atoms with Crippen molar-refractivity contribution in [2.75, 3.05) is 26.2 Å². The Morgan fingerprint density at radius 3 is 2.45 bits per heavy atom. The Kier molecular flexibility index (Phi) is 6.87. The molecule has 0 N–H and O–H groups in total. The SMILES string of the molecule is CCC[C@@H](c1nnnn1Cc1ccc(F)cc1)N1CCN(C2CCCCC2)CC1. The summed E-state index contributed by atoms with van der Waals surface area (Å²) in [5.74, 6) is 0.715. The van der Waals surface area contributed by atoms with E-state index in [1.807, 2.05) is 4.68 Å². The van der Waals surface area contributed by atoms with Gasteiger partial charge in [-0.15, -0.1) is 5.10 Å². The average molecular weight is 401 g/mol. The highest BCUT2D eigenvalue weighted by atomic mass is 19.1. The summed E-state index contributed by atoms with van der Waals surface area (Å²) in [6.07, 6.45) is 9.07. The van der Waals surface area contributed by atoms with E-state index >= 15 is 0 Å². The van der Waals surface area contributed by atoms with Gasteiger partial charge in [-0.1, -0.05) is 44.7 Å². The summed E-state index contributed by atoms with van der Waals surface area (Å²) in [6, 6.07) is 7.63. The minimum Gasteiger partial charge on any atom is -0.298 e. The van der Waals surface area contributed by atoms with Crippen LogP contribution >= 0.6 is 0 Å². The highest BCUT2D eigenvalue weighted by Crippen LogP contribution is 2.28. The van der Waals surface area contributed by atoms with Crippen molar-refractivity contribution in [3.63, 3.8) is 0 Å². The highest BCUT2D eigenvalue weighted by Gasteiger charge is 2.31. The normalized spacial score (nSPS) is 20.8. The van der Waals surface area contributed by atoms with E-state index in [1.54, 1.807) is 12.1 Å². The second-order valence-electron chi connectivity index (χ2n) is 8.49. The highest BCUT2D eigenvalue weighted by molar-refractivity contribution is 5.16. The molecule has 6 nitrogen and oxygen atoms in total. The van der Waals surface area contributed by atoms with Crippen molar-refractivity contribution in [2.24, 2.45) is 0 Å². The van der Waals surface area contributed by atoms with Crippen molar-refractivity contribution in [3.05, 3.63) is 41.5 Å². The molecule has 2 fully saturated rings. The largest absolute Gasteiger partial charge is 0.298 e. The van der Waals surface area contributed by atoms with Crippen LogP contribution in [0, 0.1) is 5.82 Å². The van der Waals surface area contributed by atoms with Crippen molar-refractivity contribution in [3.8, 4) is 0 Å². The smallest absolute Gasteiger partial charge is 0.168 e. The van der Waals surface area contributed by atoms with E-state index in [1.165, 1.54) is 44.2 Å². The summed E-state index contributed by atoms with van der Waals surface area (Å²) >= 11 is 0. The topological polar surface area (TPSA) is 50.1 Å². The minimum absolute atomic E-state index is 0.217. The zero-order valence-corrected chi connectivity index (χ0v) is 17.5. The van der Waals surface area contributed by atoms with Crippen LogP contribution in [0.1, 0.15) is 69.3 Å². The molecule has 0 bridgehead atoms. The molecule has 1 aliphatic heterocycles. The fourth-order valence-corrected chi connectivity index (χ4v) is 4.93. The third-order valence-electron chi connectivity index (χ3n) is 6.55. The lowest BCUT2D eigenvalue weighted by Gasteiger charge is -2.43. The lowest BCUT2D eigenvalue weighted by atomic mass is 9.93. The van der Waals surface area contributed by atoms with Crippen molar-refractivity contribution >= 4 is 0 Å². The van der Waals surface area contributed by atoms with Crippen LogP contribution in [0.4, 0.5) is 4.39 Å². The molecule has 1 saturated heterocycles. The Morgan fingerprint density at radius 1 is 1.03 bits per heavy atom. The molecule has 2 aromatic rings. The molecule has 4 rings (SSSR count). The molecule has 7 heteroatoms. The first-order chi connectivity index (χ1) is 14.2. The molecular weight excluding hydrogens is 367 g/mol. The predicted molar refractivity (Wildman–Crippen MR) is 111 cm³/mol. The summed E-state index contributed by atoms with van der Waals surface area (Å²) in [5.41, 5.74) is 1.01. The third kappa shape index (κ3) is 5.01. The van der Waals surface area contributed by atoms with Gasteiger partial charge in [0.2, 0.25) is 0 Å². The second kappa shape index (κ2) is 9.76. The van der Waals surface area contributed by atoms with Crippen LogP contribution in [0.25, 0.3) is 0 Å². The molecule has 0 unspecified atom stereocenters. The van der Waals surface area contributed by atoms with Crippen LogP contribution in [0.5, 0.6) is 0 Å². The van der Waals surface area contributed by atoms with Gasteiger partial charge < -0.3 is 0 Å². The summed E-state index contributed by atoms with van der Waals surface area (Å²) in [6.45, 7) is 7.23. The molecule has 0 spiro atoms. The van der Waals surface area contributed by atoms with E-state index in [4.69, 9.17) is 0 Å². The number of piperazine rings is 1. The van der Waals surface area contributed by atoms with Gasteiger partial charge in [0.05, 0.1) is 12.6 Å². The van der Waals surface area contributed by atoms with E-state index in [0.29, 0.717) is 6.54 Å². The zero-order chi connectivity index (χ0) is 20.1. The van der Waals surface area contributed by atoms with Gasteiger partial charge in [0.15, 0.2) is 5.82 Å². The summed E-state index contributed by atoms with van der Waals surface area (Å²) in [7, 11) is 0. The molecule has 1 aliphatic carbocycles. The van der Waals surface area contributed by atoms with Crippen LogP contribution in [0.15, 0.2) is 24.3 Å². The van der Waals surface area contributed by atoms with E-state index in [2.05, 4.69) is 32.2 Å². The monoisotopic (exact) mass is 400 g/mol. The van der Waals surface area contributed by atoms with Gasteiger partial charge in [-0.25, -0.2) is 9.07 Å². The molecule has 158 valence electrons. The zero-order valence-electron chi connectivity index (χ0n) is 17.5. The van der Waals surface area contributed by atoms with Crippen molar-refractivity contribution < 1.29 is 4.39 Å². The number of hydrogen-bond acceptors (Lipinski definition) is 5. The Bertz CT molecular complexity index is 747. The average Bonchev–Trinajstić information content (AvgIpc) is 3.22. The standard InChI is InChI=1S/C22H33FN6/c1-2-6-21(28-15-13-27(14-16-28)20-7-4-3-5-8-20)22-24-25-26-29(22)17-18-9-11-19(23)12-10-18/h9-12,20-21H,2-8,13-17H2,1H3/t21-/m0/s1. The third-order valence-corrected chi connectivity index (χ3v) is 6.55. The number of aromatic nitrogens is 4. The van der Waals surface area contributed by atoms with Crippen molar-refractivity contribution in [1.82, 2.24) is 30.0 Å². The molecule has 2 aliphatic rings. The fourth-order valence-electron chi connectivity index (χ4n) is 4.93. The molecular formula is C22H33FN6. The van der Waals surface area contributed by atoms with E-state index in [9.17, 15) is 4.39 Å². The van der Waals surface area contributed by atoms with E-state index in [0.717, 1.165) is 56.5 Å². The Labute approximate surface area is 173 Å². The van der Waals surface area contributed by atoms with Crippen LogP contribution in [0.2, 0.25) is 0 Å². The summed E-state index contributed by atoms with van der Waals surface area (Å²) in [4.78, 5) is 5.27. The predicted octanol–water partition coefficient (Wildman–Crippen LogP) is 3.65. The van der Waals surface area contributed by atoms with Crippen LogP contribution in [0.3, 0.4) is 0 Å². The van der Waals surface area contributed by atoms with Gasteiger partial charge in [0.1, 0.15) is 5.82 Å². The molecule has 0 radical (unpaired) electrons. The van der Waals surface area contributed by atoms with Crippen molar-refractivity contribution in [1.29, 1.82) is 0 Å². The van der Waals surface area contributed by atoms with E-state index < -0.39 is 0 Å². The number of hydrogen-bond donors (Lipinski definition) is 0. The Morgan fingerprint density at radius 2 is 1.76 bits per heavy atom. The molecule has 0 amide bonds. The van der Waals surface area contributed by atoms with Crippen LogP contribution in [-0.4, -0.2) is 62.2 Å². The molecule has 2 heterocycles. The molecule has 1 aromatic carbocycles. The maximum Gasteiger partial charge on any atom is 0.168 e. The lowest BCUT2D eigenvalue weighted by molar-refractivity contribution is 0.0501. The molecule has 1 aromatic heterocycles. The molecule has 1 atom stereocenters. The number of tetrazole rings is 1. The number of nitrogens with zero attached hydrogens (tertiary/aromatic N) is 6. The van der Waals surface area contributed by atoms with Gasteiger partial charge in [-0.05, 0) is 47.4 Å².